The quantitative estimate of drug-likeness (QED) is 0.283. The lowest BCUT2D eigenvalue weighted by Gasteiger charge is -2.16. The lowest BCUT2D eigenvalue weighted by atomic mass is 9.88. The van der Waals surface area contributed by atoms with E-state index in [1.807, 2.05) is 7.05 Å². The minimum atomic E-state index is 1.12. The molecule has 6 aromatic carbocycles. The summed E-state index contributed by atoms with van der Waals surface area (Å²) in [7, 11) is 1.95. The van der Waals surface area contributed by atoms with Gasteiger partial charge in [-0.3, -0.25) is 0 Å². The van der Waals surface area contributed by atoms with Gasteiger partial charge in [0.1, 0.15) is 0 Å². The molecule has 0 saturated heterocycles. The van der Waals surface area contributed by atoms with Gasteiger partial charge >= 0.3 is 0 Å². The summed E-state index contributed by atoms with van der Waals surface area (Å²) < 4.78 is 0. The van der Waals surface area contributed by atoms with Gasteiger partial charge < -0.3 is 5.32 Å². The zero-order chi connectivity index (χ0) is 23.8. The topological polar surface area (TPSA) is 12.0 Å². The summed E-state index contributed by atoms with van der Waals surface area (Å²) in [5.74, 6) is 0. The van der Waals surface area contributed by atoms with E-state index in [-0.39, 0.29) is 0 Å². The summed E-state index contributed by atoms with van der Waals surface area (Å²) in [6, 6.07) is 44.2. The molecule has 1 N–H and O–H groups in total. The Bertz CT molecular complexity index is 1660. The summed E-state index contributed by atoms with van der Waals surface area (Å²) in [6.45, 7) is 2.13. The molecule has 0 radical (unpaired) electrons. The fraction of sp³-hybridized carbons (Fsp3) is 0.0588. The Balaban J connectivity index is 1.56. The highest BCUT2D eigenvalue weighted by Crippen LogP contribution is 2.40. The Hall–Kier alpha value is -4.36. The van der Waals surface area contributed by atoms with Gasteiger partial charge in [-0.05, 0) is 74.0 Å². The van der Waals surface area contributed by atoms with Crippen molar-refractivity contribution in [2.24, 2.45) is 0 Å². The molecular formula is C34H27N. The van der Waals surface area contributed by atoms with E-state index >= 15 is 0 Å². The monoisotopic (exact) mass is 449 g/mol. The van der Waals surface area contributed by atoms with Crippen molar-refractivity contribution in [2.75, 3.05) is 12.4 Å². The number of hydrogen-bond acceptors (Lipinski definition) is 1. The van der Waals surface area contributed by atoms with Gasteiger partial charge in [-0.2, -0.15) is 0 Å². The van der Waals surface area contributed by atoms with Gasteiger partial charge in [0.05, 0.1) is 0 Å². The maximum Gasteiger partial charge on any atom is 0.0337 e. The minimum absolute atomic E-state index is 1.12. The lowest BCUT2D eigenvalue weighted by Crippen LogP contribution is -1.90. The van der Waals surface area contributed by atoms with Crippen molar-refractivity contribution in [2.45, 2.75) is 6.92 Å². The van der Waals surface area contributed by atoms with E-state index in [4.69, 9.17) is 0 Å². The highest BCUT2D eigenvalue weighted by atomic mass is 14.8. The second-order valence-corrected chi connectivity index (χ2v) is 9.11. The zero-order valence-corrected chi connectivity index (χ0v) is 20.0. The predicted octanol–water partition coefficient (Wildman–Crippen LogP) is 9.34. The maximum absolute atomic E-state index is 3.21. The van der Waals surface area contributed by atoms with Crippen LogP contribution in [0.25, 0.3) is 54.9 Å². The molecule has 0 spiro atoms. The summed E-state index contributed by atoms with van der Waals surface area (Å²) in [5, 5.41) is 8.32. The average molecular weight is 450 g/mol. The second kappa shape index (κ2) is 8.77. The summed E-state index contributed by atoms with van der Waals surface area (Å²) >= 11 is 0. The fourth-order valence-electron chi connectivity index (χ4n) is 5.12. The van der Waals surface area contributed by atoms with Crippen LogP contribution in [0.5, 0.6) is 0 Å². The normalized spacial score (nSPS) is 11.1. The highest BCUT2D eigenvalue weighted by molar-refractivity contribution is 6.12. The molecule has 0 heterocycles. The van der Waals surface area contributed by atoms with Crippen LogP contribution in [0.4, 0.5) is 5.69 Å². The lowest BCUT2D eigenvalue weighted by molar-refractivity contribution is 1.47. The Morgan fingerprint density at radius 3 is 1.20 bits per heavy atom. The number of fused-ring (bicyclic) bond motifs is 2. The van der Waals surface area contributed by atoms with Crippen molar-refractivity contribution in [1.82, 2.24) is 0 Å². The molecule has 0 aromatic heterocycles. The van der Waals surface area contributed by atoms with Gasteiger partial charge in [0.2, 0.25) is 0 Å². The molecule has 6 rings (SSSR count). The first kappa shape index (κ1) is 21.2. The third kappa shape index (κ3) is 3.76. The molecule has 6 aromatic rings. The molecule has 0 aliphatic carbocycles. The Morgan fingerprint density at radius 2 is 0.771 bits per heavy atom. The number of rotatable bonds is 4. The molecule has 0 amide bonds. The minimum Gasteiger partial charge on any atom is -0.388 e. The molecule has 1 heteroatoms. The Labute approximate surface area is 206 Å². The van der Waals surface area contributed by atoms with Crippen LogP contribution in [0.3, 0.4) is 0 Å². The summed E-state index contributed by atoms with van der Waals surface area (Å²) in [4.78, 5) is 0. The van der Waals surface area contributed by atoms with Crippen LogP contribution < -0.4 is 5.32 Å². The van der Waals surface area contributed by atoms with Crippen LogP contribution in [0, 0.1) is 6.92 Å². The molecule has 0 aliphatic heterocycles. The van der Waals surface area contributed by atoms with Crippen molar-refractivity contribution >= 4 is 27.2 Å². The van der Waals surface area contributed by atoms with E-state index in [1.165, 1.54) is 60.5 Å². The van der Waals surface area contributed by atoms with Gasteiger partial charge in [-0.25, -0.2) is 0 Å². The molecule has 0 unspecified atom stereocenters. The molecular weight excluding hydrogens is 422 g/mol. The molecule has 0 atom stereocenters. The van der Waals surface area contributed by atoms with Crippen LogP contribution >= 0.6 is 0 Å². The van der Waals surface area contributed by atoms with Crippen molar-refractivity contribution in [3.05, 3.63) is 127 Å². The Morgan fingerprint density at radius 1 is 0.400 bits per heavy atom. The summed E-state index contributed by atoms with van der Waals surface area (Å²) in [6.07, 6.45) is 0. The predicted molar refractivity (Wildman–Crippen MR) is 152 cm³/mol. The molecule has 0 fully saturated rings. The first-order chi connectivity index (χ1) is 17.2. The Kier molecular flexibility index (Phi) is 5.31. The van der Waals surface area contributed by atoms with E-state index in [9.17, 15) is 0 Å². The first-order valence-corrected chi connectivity index (χ1v) is 12.1. The molecule has 168 valence electrons. The smallest absolute Gasteiger partial charge is 0.0337 e. The van der Waals surface area contributed by atoms with Crippen molar-refractivity contribution in [3.63, 3.8) is 0 Å². The van der Waals surface area contributed by atoms with E-state index in [0.717, 1.165) is 5.69 Å². The highest BCUT2D eigenvalue weighted by Gasteiger charge is 2.13. The van der Waals surface area contributed by atoms with Gasteiger partial charge in [0, 0.05) is 12.7 Å². The standard InChI is InChI=1S/C34H27N/c1-23-11-13-24(14-12-23)27-19-21-33(31-9-5-3-7-29(27)31)34-22-20-28(30-8-4-6-10-32(30)34)25-15-17-26(35-2)18-16-25/h3-22,35H,1-2H3. The van der Waals surface area contributed by atoms with Crippen molar-refractivity contribution in [1.29, 1.82) is 0 Å². The van der Waals surface area contributed by atoms with Crippen LogP contribution in [0.1, 0.15) is 5.56 Å². The molecule has 1 nitrogen and oxygen atoms in total. The van der Waals surface area contributed by atoms with E-state index in [1.54, 1.807) is 0 Å². The number of anilines is 1. The fourth-order valence-corrected chi connectivity index (χ4v) is 5.12. The van der Waals surface area contributed by atoms with E-state index in [2.05, 4.69) is 134 Å². The van der Waals surface area contributed by atoms with E-state index in [0.29, 0.717) is 0 Å². The van der Waals surface area contributed by atoms with E-state index < -0.39 is 0 Å². The van der Waals surface area contributed by atoms with Crippen LogP contribution in [0.2, 0.25) is 0 Å². The van der Waals surface area contributed by atoms with Crippen molar-refractivity contribution < 1.29 is 0 Å². The SMILES string of the molecule is CNc1ccc(-c2ccc(-c3ccc(-c4ccc(C)cc4)c4ccccc34)c3ccccc23)cc1. The molecule has 35 heavy (non-hydrogen) atoms. The maximum atomic E-state index is 3.21. The largest absolute Gasteiger partial charge is 0.388 e. The van der Waals surface area contributed by atoms with Gasteiger partial charge in [0.25, 0.3) is 0 Å². The van der Waals surface area contributed by atoms with Gasteiger partial charge in [-0.1, -0.05) is 115 Å². The van der Waals surface area contributed by atoms with Gasteiger partial charge in [0.15, 0.2) is 0 Å². The van der Waals surface area contributed by atoms with Crippen LogP contribution in [0.15, 0.2) is 121 Å². The third-order valence-electron chi connectivity index (χ3n) is 6.99. The molecule has 0 aliphatic rings. The molecule has 0 saturated carbocycles. The third-order valence-corrected chi connectivity index (χ3v) is 6.99. The number of hydrogen-bond donors (Lipinski definition) is 1. The zero-order valence-electron chi connectivity index (χ0n) is 20.0. The molecule has 0 bridgehead atoms. The van der Waals surface area contributed by atoms with Crippen LogP contribution in [-0.4, -0.2) is 7.05 Å². The van der Waals surface area contributed by atoms with Crippen LogP contribution in [-0.2, 0) is 0 Å². The van der Waals surface area contributed by atoms with Crippen molar-refractivity contribution in [3.8, 4) is 33.4 Å². The first-order valence-electron chi connectivity index (χ1n) is 12.1. The number of nitrogens with one attached hydrogen (secondary N) is 1. The number of aryl methyl sites for hydroxylation is 1. The number of benzene rings is 6. The average Bonchev–Trinajstić information content (AvgIpc) is 2.93. The summed E-state index contributed by atoms with van der Waals surface area (Å²) in [5.41, 5.74) is 9.95. The second-order valence-electron chi connectivity index (χ2n) is 9.11. The van der Waals surface area contributed by atoms with Gasteiger partial charge in [-0.15, -0.1) is 0 Å².